The van der Waals surface area contributed by atoms with Crippen LogP contribution in [0.5, 0.6) is 11.5 Å². The Morgan fingerprint density at radius 2 is 1.83 bits per heavy atom. The molecule has 1 atom stereocenters. The van der Waals surface area contributed by atoms with Crippen molar-refractivity contribution in [1.82, 2.24) is 4.90 Å². The summed E-state index contributed by atoms with van der Waals surface area (Å²) < 4.78 is 16.6. The number of fused-ring (bicyclic) bond motifs is 1. The second-order valence-electron chi connectivity index (χ2n) is 7.16. The first-order valence-electron chi connectivity index (χ1n) is 9.79. The van der Waals surface area contributed by atoms with Crippen molar-refractivity contribution in [3.63, 3.8) is 0 Å². The molecule has 4 rings (SSSR count). The maximum absolute atomic E-state index is 13.1. The number of amides is 1. The van der Waals surface area contributed by atoms with Crippen LogP contribution < -0.4 is 9.47 Å². The van der Waals surface area contributed by atoms with E-state index < -0.39 is 0 Å². The fourth-order valence-corrected chi connectivity index (χ4v) is 3.89. The molecule has 3 aromatic carbocycles. The van der Waals surface area contributed by atoms with E-state index in [4.69, 9.17) is 14.2 Å². The molecule has 150 valence electrons. The zero-order valence-corrected chi connectivity index (χ0v) is 16.8. The van der Waals surface area contributed by atoms with Crippen LogP contribution in [0, 0.1) is 0 Å². The number of carbonyl (C=O) groups is 1. The van der Waals surface area contributed by atoms with Gasteiger partial charge in [-0.2, -0.15) is 0 Å². The maximum Gasteiger partial charge on any atom is 0.254 e. The van der Waals surface area contributed by atoms with Crippen molar-refractivity contribution in [3.8, 4) is 11.5 Å². The molecule has 1 aliphatic rings. The lowest BCUT2D eigenvalue weighted by molar-refractivity contribution is -0.0206. The molecular formula is C24H25NO4. The minimum absolute atomic E-state index is 0.0165. The first-order chi connectivity index (χ1) is 14.2. The number of benzene rings is 3. The third-order valence-electron chi connectivity index (χ3n) is 5.38. The van der Waals surface area contributed by atoms with Crippen molar-refractivity contribution in [2.75, 3.05) is 33.9 Å². The molecule has 1 amide bonds. The van der Waals surface area contributed by atoms with Crippen molar-refractivity contribution < 1.29 is 19.0 Å². The van der Waals surface area contributed by atoms with E-state index in [-0.39, 0.29) is 12.0 Å². The Bertz CT molecular complexity index is 1010. The van der Waals surface area contributed by atoms with Gasteiger partial charge in [0.05, 0.1) is 26.9 Å². The molecule has 0 radical (unpaired) electrons. The van der Waals surface area contributed by atoms with Gasteiger partial charge in [0, 0.05) is 25.1 Å². The molecule has 1 heterocycles. The van der Waals surface area contributed by atoms with Gasteiger partial charge in [0.1, 0.15) is 0 Å². The third kappa shape index (κ3) is 4.05. The molecule has 0 saturated carbocycles. The van der Waals surface area contributed by atoms with Gasteiger partial charge in [0.25, 0.3) is 5.91 Å². The monoisotopic (exact) mass is 391 g/mol. The summed E-state index contributed by atoms with van der Waals surface area (Å²) in [7, 11) is 3.15. The van der Waals surface area contributed by atoms with E-state index in [0.29, 0.717) is 36.8 Å². The van der Waals surface area contributed by atoms with Crippen LogP contribution in [0.2, 0.25) is 0 Å². The molecule has 0 aromatic heterocycles. The van der Waals surface area contributed by atoms with E-state index in [1.165, 1.54) is 16.3 Å². The lowest BCUT2D eigenvalue weighted by atomic mass is 9.99. The molecule has 5 heteroatoms. The zero-order valence-electron chi connectivity index (χ0n) is 16.8. The lowest BCUT2D eigenvalue weighted by Crippen LogP contribution is -2.46. The van der Waals surface area contributed by atoms with E-state index >= 15 is 0 Å². The first kappa shape index (κ1) is 19.3. The highest BCUT2D eigenvalue weighted by Gasteiger charge is 2.26. The van der Waals surface area contributed by atoms with Gasteiger partial charge in [-0.05, 0) is 34.5 Å². The predicted molar refractivity (Wildman–Crippen MR) is 113 cm³/mol. The fraction of sp³-hybridized carbons (Fsp3) is 0.292. The second kappa shape index (κ2) is 8.53. The Morgan fingerprint density at radius 1 is 1.03 bits per heavy atom. The lowest BCUT2D eigenvalue weighted by Gasteiger charge is -2.33. The second-order valence-corrected chi connectivity index (χ2v) is 7.16. The average molecular weight is 391 g/mol. The number of morpholine rings is 1. The minimum atomic E-state index is -0.0290. The van der Waals surface area contributed by atoms with Crippen LogP contribution in [0.15, 0.2) is 60.7 Å². The van der Waals surface area contributed by atoms with Crippen LogP contribution in [-0.4, -0.2) is 50.8 Å². The Labute approximate surface area is 170 Å². The van der Waals surface area contributed by atoms with Crippen LogP contribution in [0.25, 0.3) is 10.8 Å². The van der Waals surface area contributed by atoms with Crippen molar-refractivity contribution in [3.05, 3.63) is 71.8 Å². The molecule has 0 spiro atoms. The van der Waals surface area contributed by atoms with Gasteiger partial charge >= 0.3 is 0 Å². The Balaban J connectivity index is 1.50. The summed E-state index contributed by atoms with van der Waals surface area (Å²) in [5.41, 5.74) is 1.84. The molecule has 0 aliphatic carbocycles. The van der Waals surface area contributed by atoms with Gasteiger partial charge in [-0.3, -0.25) is 4.79 Å². The van der Waals surface area contributed by atoms with Gasteiger partial charge in [0.15, 0.2) is 11.5 Å². The normalized spacial score (nSPS) is 16.6. The molecule has 3 aromatic rings. The molecular weight excluding hydrogens is 366 g/mol. The summed E-state index contributed by atoms with van der Waals surface area (Å²) in [6.07, 6.45) is 0.746. The third-order valence-corrected chi connectivity index (χ3v) is 5.38. The summed E-state index contributed by atoms with van der Waals surface area (Å²) in [6.45, 7) is 1.68. The molecule has 1 saturated heterocycles. The van der Waals surface area contributed by atoms with Gasteiger partial charge < -0.3 is 19.1 Å². The van der Waals surface area contributed by atoms with E-state index in [0.717, 1.165) is 6.42 Å². The molecule has 0 N–H and O–H groups in total. The number of rotatable bonds is 5. The van der Waals surface area contributed by atoms with E-state index in [9.17, 15) is 4.79 Å². The van der Waals surface area contributed by atoms with Crippen LogP contribution in [0.3, 0.4) is 0 Å². The first-order valence-corrected chi connectivity index (χ1v) is 9.79. The number of nitrogens with zero attached hydrogens (tertiary/aromatic N) is 1. The van der Waals surface area contributed by atoms with Crippen molar-refractivity contribution in [2.24, 2.45) is 0 Å². The quantitative estimate of drug-likeness (QED) is 0.661. The van der Waals surface area contributed by atoms with E-state index in [2.05, 4.69) is 36.4 Å². The number of carbonyl (C=O) groups excluding carboxylic acids is 1. The molecule has 0 unspecified atom stereocenters. The van der Waals surface area contributed by atoms with E-state index in [1.54, 1.807) is 32.4 Å². The van der Waals surface area contributed by atoms with Gasteiger partial charge in [-0.25, -0.2) is 0 Å². The van der Waals surface area contributed by atoms with Gasteiger partial charge in [0.2, 0.25) is 0 Å². The molecule has 1 aliphatic heterocycles. The maximum atomic E-state index is 13.1. The Morgan fingerprint density at radius 3 is 2.66 bits per heavy atom. The number of hydrogen-bond acceptors (Lipinski definition) is 4. The van der Waals surface area contributed by atoms with Crippen LogP contribution in [-0.2, 0) is 11.2 Å². The standard InChI is InChI=1S/C24H25NO4/c1-27-22-11-10-19(15-23(22)28-2)24(26)25-12-13-29-20(16-25)14-18-8-5-7-17-6-3-4-9-21(17)18/h3-11,15,20H,12-14,16H2,1-2H3/t20-/m0/s1. The minimum Gasteiger partial charge on any atom is -0.493 e. The topological polar surface area (TPSA) is 48.0 Å². The Hall–Kier alpha value is -3.05. The highest BCUT2D eigenvalue weighted by Crippen LogP contribution is 2.28. The predicted octanol–water partition coefficient (Wildman–Crippen LogP) is 3.94. The largest absolute Gasteiger partial charge is 0.493 e. The Kier molecular flexibility index (Phi) is 5.67. The summed E-state index contributed by atoms with van der Waals surface area (Å²) >= 11 is 0. The summed E-state index contributed by atoms with van der Waals surface area (Å²) in [6, 6.07) is 20.0. The summed E-state index contributed by atoms with van der Waals surface area (Å²) in [5, 5.41) is 2.46. The SMILES string of the molecule is COc1ccc(C(=O)N2CCO[C@@H](Cc3cccc4ccccc34)C2)cc1OC. The number of methoxy groups -OCH3 is 2. The van der Waals surface area contributed by atoms with Crippen molar-refractivity contribution in [1.29, 1.82) is 0 Å². The molecule has 1 fully saturated rings. The van der Waals surface area contributed by atoms with Gasteiger partial charge in [-0.1, -0.05) is 42.5 Å². The van der Waals surface area contributed by atoms with Crippen LogP contribution >= 0.6 is 0 Å². The van der Waals surface area contributed by atoms with Crippen LogP contribution in [0.4, 0.5) is 0 Å². The highest BCUT2D eigenvalue weighted by molar-refractivity contribution is 5.95. The van der Waals surface area contributed by atoms with Crippen molar-refractivity contribution in [2.45, 2.75) is 12.5 Å². The van der Waals surface area contributed by atoms with Crippen molar-refractivity contribution >= 4 is 16.7 Å². The van der Waals surface area contributed by atoms with Gasteiger partial charge in [-0.15, -0.1) is 0 Å². The summed E-state index contributed by atoms with van der Waals surface area (Å²) in [4.78, 5) is 14.9. The number of ether oxygens (including phenoxy) is 3. The average Bonchev–Trinajstić information content (AvgIpc) is 2.78. The highest BCUT2D eigenvalue weighted by atomic mass is 16.5. The molecule has 5 nitrogen and oxygen atoms in total. The molecule has 0 bridgehead atoms. The smallest absolute Gasteiger partial charge is 0.254 e. The van der Waals surface area contributed by atoms with E-state index in [1.807, 2.05) is 11.0 Å². The molecule has 29 heavy (non-hydrogen) atoms. The number of hydrogen-bond donors (Lipinski definition) is 0. The fourth-order valence-electron chi connectivity index (χ4n) is 3.89. The van der Waals surface area contributed by atoms with Crippen LogP contribution in [0.1, 0.15) is 15.9 Å². The zero-order chi connectivity index (χ0) is 20.2. The summed E-state index contributed by atoms with van der Waals surface area (Å²) in [5.74, 6) is 1.15.